The van der Waals surface area contributed by atoms with Crippen LogP contribution in [0.4, 0.5) is 0 Å². The van der Waals surface area contributed by atoms with Crippen LogP contribution in [0.3, 0.4) is 0 Å². The minimum atomic E-state index is -0.802. The van der Waals surface area contributed by atoms with Gasteiger partial charge in [0.05, 0.1) is 6.42 Å². The van der Waals surface area contributed by atoms with E-state index in [4.69, 9.17) is 5.11 Å². The number of carboxylic acid groups (broad SMARTS) is 1. The third-order valence-corrected chi connectivity index (χ3v) is 6.60. The first kappa shape index (κ1) is 21.6. The van der Waals surface area contributed by atoms with Gasteiger partial charge in [0, 0.05) is 30.2 Å². The smallest absolute Gasteiger partial charge is 0.304 e. The molecular formula is C19H26N2O4S2. The van der Waals surface area contributed by atoms with Gasteiger partial charge in [0.15, 0.2) is 0 Å². The summed E-state index contributed by atoms with van der Waals surface area (Å²) < 4.78 is 0. The predicted molar refractivity (Wildman–Crippen MR) is 110 cm³/mol. The summed E-state index contributed by atoms with van der Waals surface area (Å²) in [4.78, 5) is 37.6. The maximum absolute atomic E-state index is 12.7. The predicted octanol–water partition coefficient (Wildman–Crippen LogP) is 3.03. The van der Waals surface area contributed by atoms with E-state index in [1.165, 1.54) is 10.8 Å². The summed E-state index contributed by atoms with van der Waals surface area (Å²) in [6.07, 6.45) is 0.754. The minimum Gasteiger partial charge on any atom is -0.481 e. The highest BCUT2D eigenvalue weighted by Crippen LogP contribution is 2.27. The number of carbonyl (C=O) groups excluding carboxylic acids is 2. The normalized spacial score (nSPS) is 14.3. The number of carboxylic acids is 1. The van der Waals surface area contributed by atoms with E-state index < -0.39 is 12.0 Å². The first-order valence-corrected chi connectivity index (χ1v) is 11.5. The number of carbonyl (C=O) groups is 3. The summed E-state index contributed by atoms with van der Waals surface area (Å²) in [7, 11) is 3.03. The molecule has 8 heteroatoms. The van der Waals surface area contributed by atoms with Gasteiger partial charge in [-0.25, -0.2) is 0 Å². The summed E-state index contributed by atoms with van der Waals surface area (Å²) in [5, 5.41) is 11.5. The van der Waals surface area contributed by atoms with Crippen molar-refractivity contribution in [2.24, 2.45) is 5.92 Å². The molecular weight excluding hydrogens is 384 g/mol. The van der Waals surface area contributed by atoms with Gasteiger partial charge < -0.3 is 15.3 Å². The molecule has 1 aromatic rings. The fraction of sp³-hybridized carbons (Fsp3) is 0.526. The van der Waals surface area contributed by atoms with Crippen molar-refractivity contribution in [1.29, 1.82) is 0 Å². The third-order valence-electron chi connectivity index (χ3n) is 4.19. The summed E-state index contributed by atoms with van der Waals surface area (Å²) >= 11 is 0. The molecule has 2 rings (SSSR count). The molecule has 0 spiro atoms. The molecule has 1 atom stereocenters. The van der Waals surface area contributed by atoms with Crippen molar-refractivity contribution in [3.8, 4) is 0 Å². The lowest BCUT2D eigenvalue weighted by Crippen LogP contribution is -2.48. The topological polar surface area (TPSA) is 86.7 Å². The van der Waals surface area contributed by atoms with E-state index in [1.54, 1.807) is 15.7 Å². The number of fused-ring (bicyclic) bond motifs is 1. The van der Waals surface area contributed by atoms with Gasteiger partial charge in [-0.15, -0.1) is 0 Å². The lowest BCUT2D eigenvalue weighted by Gasteiger charge is -2.28. The molecule has 0 saturated heterocycles. The molecule has 27 heavy (non-hydrogen) atoms. The molecule has 0 bridgehead atoms. The fourth-order valence-corrected chi connectivity index (χ4v) is 4.82. The molecule has 1 aliphatic rings. The highest BCUT2D eigenvalue weighted by atomic mass is 33.1. The maximum Gasteiger partial charge on any atom is 0.304 e. The molecule has 1 aromatic carbocycles. The Bertz CT molecular complexity index is 681. The SMILES string of the molecule is CC(C)C[C@H](C(=O)NCCSSCCC(=O)O)N1Cc2ccccc2C1=O. The second kappa shape index (κ2) is 10.6. The molecule has 6 nitrogen and oxygen atoms in total. The van der Waals surface area contributed by atoms with Crippen molar-refractivity contribution in [1.82, 2.24) is 10.2 Å². The Labute approximate surface area is 167 Å². The Morgan fingerprint density at radius 2 is 1.93 bits per heavy atom. The average Bonchev–Trinajstić information content (AvgIpc) is 2.95. The van der Waals surface area contributed by atoms with Gasteiger partial charge in [0.1, 0.15) is 6.04 Å². The Morgan fingerprint density at radius 3 is 2.59 bits per heavy atom. The fourth-order valence-electron chi connectivity index (χ4n) is 2.93. The quantitative estimate of drug-likeness (QED) is 0.431. The number of hydrogen-bond donors (Lipinski definition) is 2. The van der Waals surface area contributed by atoms with E-state index in [0.717, 1.165) is 5.56 Å². The molecule has 0 saturated carbocycles. The Kier molecular flexibility index (Phi) is 8.50. The van der Waals surface area contributed by atoms with Gasteiger partial charge in [0.2, 0.25) is 5.91 Å². The van der Waals surface area contributed by atoms with Gasteiger partial charge in [-0.05, 0) is 24.0 Å². The number of rotatable bonds is 11. The number of amides is 2. The van der Waals surface area contributed by atoms with Crippen LogP contribution in [0.2, 0.25) is 0 Å². The Hall–Kier alpha value is -1.67. The number of hydrogen-bond acceptors (Lipinski definition) is 5. The van der Waals surface area contributed by atoms with Crippen molar-refractivity contribution < 1.29 is 19.5 Å². The number of aliphatic carboxylic acids is 1. The largest absolute Gasteiger partial charge is 0.481 e. The van der Waals surface area contributed by atoms with Crippen LogP contribution in [-0.2, 0) is 16.1 Å². The number of nitrogens with one attached hydrogen (secondary N) is 1. The molecule has 1 aliphatic heterocycles. The molecule has 1 heterocycles. The Balaban J connectivity index is 1.86. The lowest BCUT2D eigenvalue weighted by atomic mass is 10.0. The van der Waals surface area contributed by atoms with Gasteiger partial charge >= 0.3 is 5.97 Å². The third kappa shape index (κ3) is 6.46. The highest BCUT2D eigenvalue weighted by molar-refractivity contribution is 8.76. The maximum atomic E-state index is 12.7. The van der Waals surface area contributed by atoms with E-state index in [0.29, 0.717) is 42.5 Å². The van der Waals surface area contributed by atoms with Crippen LogP contribution in [0.25, 0.3) is 0 Å². The second-order valence-electron chi connectivity index (χ2n) is 6.81. The molecule has 2 N–H and O–H groups in total. The van der Waals surface area contributed by atoms with E-state index >= 15 is 0 Å². The van der Waals surface area contributed by atoms with Crippen molar-refractivity contribution in [3.63, 3.8) is 0 Å². The number of nitrogens with zero attached hydrogens (tertiary/aromatic N) is 1. The molecule has 148 valence electrons. The summed E-state index contributed by atoms with van der Waals surface area (Å²) in [5.74, 6) is 0.525. The average molecular weight is 411 g/mol. The van der Waals surface area contributed by atoms with Crippen molar-refractivity contribution >= 4 is 39.4 Å². The van der Waals surface area contributed by atoms with Gasteiger partial charge in [-0.2, -0.15) is 0 Å². The first-order chi connectivity index (χ1) is 12.9. The van der Waals surface area contributed by atoms with Crippen LogP contribution in [-0.4, -0.2) is 51.9 Å². The summed E-state index contributed by atoms with van der Waals surface area (Å²) in [6, 6.07) is 7.02. The first-order valence-electron chi connectivity index (χ1n) is 9.03. The van der Waals surface area contributed by atoms with E-state index in [-0.39, 0.29) is 18.2 Å². The molecule has 0 radical (unpaired) electrons. The zero-order valence-electron chi connectivity index (χ0n) is 15.6. The zero-order valence-corrected chi connectivity index (χ0v) is 17.3. The molecule has 2 amide bonds. The van der Waals surface area contributed by atoms with E-state index in [2.05, 4.69) is 5.32 Å². The number of benzene rings is 1. The highest BCUT2D eigenvalue weighted by Gasteiger charge is 2.36. The van der Waals surface area contributed by atoms with Crippen molar-refractivity contribution in [3.05, 3.63) is 35.4 Å². The van der Waals surface area contributed by atoms with Gasteiger partial charge in [0.25, 0.3) is 5.91 Å². The second-order valence-corrected chi connectivity index (χ2v) is 9.52. The Morgan fingerprint density at radius 1 is 1.22 bits per heavy atom. The van der Waals surface area contributed by atoms with Crippen LogP contribution in [0.15, 0.2) is 24.3 Å². The van der Waals surface area contributed by atoms with E-state index in [9.17, 15) is 14.4 Å². The molecule has 0 fully saturated rings. The van der Waals surface area contributed by atoms with Crippen molar-refractivity contribution in [2.75, 3.05) is 18.1 Å². The zero-order chi connectivity index (χ0) is 19.8. The monoisotopic (exact) mass is 410 g/mol. The van der Waals surface area contributed by atoms with Crippen LogP contribution < -0.4 is 5.32 Å². The minimum absolute atomic E-state index is 0.0787. The van der Waals surface area contributed by atoms with E-state index in [1.807, 2.05) is 38.1 Å². The van der Waals surface area contributed by atoms with Crippen LogP contribution in [0.5, 0.6) is 0 Å². The molecule has 0 aromatic heterocycles. The lowest BCUT2D eigenvalue weighted by molar-refractivity contribution is -0.136. The standard InChI is InChI=1S/C19H26N2O4S2/c1-13(2)11-16(18(24)20-8-10-27-26-9-7-17(22)23)21-12-14-5-3-4-6-15(14)19(21)25/h3-6,13,16H,7-12H2,1-2H3,(H,20,24)(H,22,23)/t16-/m1/s1. The summed E-state index contributed by atoms with van der Waals surface area (Å²) in [6.45, 7) is 5.05. The van der Waals surface area contributed by atoms with Gasteiger partial charge in [-0.3, -0.25) is 14.4 Å². The van der Waals surface area contributed by atoms with Crippen LogP contribution in [0, 0.1) is 5.92 Å². The summed E-state index contributed by atoms with van der Waals surface area (Å²) in [5.41, 5.74) is 1.65. The van der Waals surface area contributed by atoms with Crippen LogP contribution in [0.1, 0.15) is 42.6 Å². The molecule has 0 aliphatic carbocycles. The van der Waals surface area contributed by atoms with Crippen LogP contribution >= 0.6 is 21.6 Å². The molecule has 0 unspecified atom stereocenters. The van der Waals surface area contributed by atoms with Crippen molar-refractivity contribution in [2.45, 2.75) is 39.3 Å². The van der Waals surface area contributed by atoms with Gasteiger partial charge in [-0.1, -0.05) is 53.6 Å².